The van der Waals surface area contributed by atoms with Crippen molar-refractivity contribution in [1.82, 2.24) is 9.88 Å². The molecule has 2 saturated heterocycles. The van der Waals surface area contributed by atoms with Gasteiger partial charge in [0.15, 0.2) is 0 Å². The lowest BCUT2D eigenvalue weighted by Gasteiger charge is -2.46. The third-order valence-corrected chi connectivity index (χ3v) is 6.85. The smallest absolute Gasteiger partial charge is 0.272 e. The normalized spacial score (nSPS) is 18.2. The van der Waals surface area contributed by atoms with Gasteiger partial charge in [0.25, 0.3) is 5.91 Å². The average molecular weight is 437 g/mol. The van der Waals surface area contributed by atoms with Crippen molar-refractivity contribution in [2.24, 2.45) is 0 Å². The predicted octanol–water partition coefficient (Wildman–Crippen LogP) is 4.17. The molecule has 0 bridgehead atoms. The van der Waals surface area contributed by atoms with Crippen LogP contribution in [-0.4, -0.2) is 61.2 Å². The molecular weight excluding hydrogens is 407 g/mol. The van der Waals surface area contributed by atoms with Gasteiger partial charge in [-0.25, -0.2) is 4.39 Å². The minimum Gasteiger partial charge on any atom is -0.379 e. The summed E-state index contributed by atoms with van der Waals surface area (Å²) in [5.41, 5.74) is 3.75. The summed E-state index contributed by atoms with van der Waals surface area (Å²) in [6, 6.07) is 13.3. The highest BCUT2D eigenvalue weighted by atomic mass is 19.1. The van der Waals surface area contributed by atoms with Gasteiger partial charge in [-0.15, -0.1) is 0 Å². The van der Waals surface area contributed by atoms with Gasteiger partial charge in [-0.05, 0) is 55.7 Å². The van der Waals surface area contributed by atoms with E-state index in [-0.39, 0.29) is 11.7 Å². The number of amides is 1. The van der Waals surface area contributed by atoms with Crippen LogP contribution in [0.5, 0.6) is 0 Å². The van der Waals surface area contributed by atoms with Gasteiger partial charge in [0.2, 0.25) is 0 Å². The second-order valence-corrected chi connectivity index (χ2v) is 8.87. The number of ether oxygens (including phenoxy) is 1. The van der Waals surface area contributed by atoms with Crippen LogP contribution in [0, 0.1) is 12.7 Å². The minimum absolute atomic E-state index is 0.277. The van der Waals surface area contributed by atoms with Crippen molar-refractivity contribution in [3.05, 3.63) is 59.5 Å². The van der Waals surface area contributed by atoms with Crippen molar-refractivity contribution in [3.8, 4) is 0 Å². The van der Waals surface area contributed by atoms with E-state index in [0.717, 1.165) is 56.0 Å². The molecule has 2 aliphatic rings. The Morgan fingerprint density at radius 2 is 1.94 bits per heavy atom. The molecule has 0 atom stereocenters. The number of rotatable bonds is 5. The summed E-state index contributed by atoms with van der Waals surface area (Å²) >= 11 is 0. The standard InChI is InChI=1S/C25H29FN4O2/c1-16-6-7-22(26)21-13-23(28-24(16)21)25(31)27-17-4-3-5-19(12-17)29-10-8-18(9-11-29)30-14-20(15-30)32-2/h3-7,12-13,18,20,28H,8-11,14-15H2,1-2H3,(H,27,31). The number of carbonyl (C=O) groups is 1. The number of aromatic amines is 1. The number of nitrogens with one attached hydrogen (secondary N) is 2. The summed E-state index contributed by atoms with van der Waals surface area (Å²) < 4.78 is 19.5. The molecular formula is C25H29FN4O2. The van der Waals surface area contributed by atoms with E-state index in [0.29, 0.717) is 28.7 Å². The van der Waals surface area contributed by atoms with Crippen LogP contribution in [0.15, 0.2) is 42.5 Å². The van der Waals surface area contributed by atoms with Crippen LogP contribution in [0.25, 0.3) is 10.9 Å². The molecule has 2 fully saturated rings. The zero-order valence-electron chi connectivity index (χ0n) is 18.5. The molecule has 2 aromatic carbocycles. The highest BCUT2D eigenvalue weighted by molar-refractivity contribution is 6.06. The molecule has 3 heterocycles. The predicted molar refractivity (Wildman–Crippen MR) is 125 cm³/mol. The third kappa shape index (κ3) is 3.98. The van der Waals surface area contributed by atoms with Gasteiger partial charge >= 0.3 is 0 Å². The van der Waals surface area contributed by atoms with Gasteiger partial charge in [-0.3, -0.25) is 9.69 Å². The summed E-state index contributed by atoms with van der Waals surface area (Å²) in [7, 11) is 1.79. The molecule has 5 rings (SSSR count). The minimum atomic E-state index is -0.331. The zero-order valence-corrected chi connectivity index (χ0v) is 18.5. The van der Waals surface area contributed by atoms with Crippen molar-refractivity contribution in [2.75, 3.05) is 43.5 Å². The fraction of sp³-hybridized carbons (Fsp3) is 0.400. The first-order valence-electron chi connectivity index (χ1n) is 11.2. The molecule has 3 aromatic rings. The summed E-state index contributed by atoms with van der Waals surface area (Å²) in [6.07, 6.45) is 2.66. The summed E-state index contributed by atoms with van der Waals surface area (Å²) in [5.74, 6) is -0.608. The first-order chi connectivity index (χ1) is 15.5. The van der Waals surface area contributed by atoms with Gasteiger partial charge in [0.05, 0.1) is 11.6 Å². The van der Waals surface area contributed by atoms with Crippen molar-refractivity contribution in [1.29, 1.82) is 0 Å². The van der Waals surface area contributed by atoms with Crippen LogP contribution in [0.1, 0.15) is 28.9 Å². The number of hydrogen-bond donors (Lipinski definition) is 2. The van der Waals surface area contributed by atoms with Crippen molar-refractivity contribution >= 4 is 28.2 Å². The Morgan fingerprint density at radius 1 is 1.16 bits per heavy atom. The van der Waals surface area contributed by atoms with Crippen LogP contribution in [0.3, 0.4) is 0 Å². The van der Waals surface area contributed by atoms with Crippen molar-refractivity contribution in [3.63, 3.8) is 0 Å². The van der Waals surface area contributed by atoms with Crippen LogP contribution in [0.4, 0.5) is 15.8 Å². The van der Waals surface area contributed by atoms with E-state index in [1.807, 2.05) is 25.1 Å². The Morgan fingerprint density at radius 3 is 2.66 bits per heavy atom. The highest BCUT2D eigenvalue weighted by Gasteiger charge is 2.34. The van der Waals surface area contributed by atoms with E-state index in [4.69, 9.17) is 4.74 Å². The number of methoxy groups -OCH3 is 1. The molecule has 0 spiro atoms. The fourth-order valence-corrected chi connectivity index (χ4v) is 4.83. The largest absolute Gasteiger partial charge is 0.379 e. The SMILES string of the molecule is COC1CN(C2CCN(c3cccc(NC(=O)c4cc5c(F)ccc(C)c5[nH]4)c3)CC2)C1. The Bertz CT molecular complexity index is 1090. The van der Waals surface area contributed by atoms with Crippen molar-refractivity contribution in [2.45, 2.75) is 31.9 Å². The third-order valence-electron chi connectivity index (χ3n) is 6.85. The lowest BCUT2D eigenvalue weighted by Crippen LogP contribution is -2.58. The van der Waals surface area contributed by atoms with E-state index in [1.54, 1.807) is 19.2 Å². The molecule has 168 valence electrons. The number of hydrogen-bond acceptors (Lipinski definition) is 4. The molecule has 2 N–H and O–H groups in total. The maximum atomic E-state index is 14.1. The molecule has 6 nitrogen and oxygen atoms in total. The van der Waals surface area contributed by atoms with Crippen LogP contribution >= 0.6 is 0 Å². The number of halogens is 1. The van der Waals surface area contributed by atoms with E-state index in [1.165, 1.54) is 6.07 Å². The highest BCUT2D eigenvalue weighted by Crippen LogP contribution is 2.28. The number of benzene rings is 2. The Balaban J connectivity index is 1.23. The number of piperidine rings is 1. The topological polar surface area (TPSA) is 60.6 Å². The first kappa shape index (κ1) is 21.0. The lowest BCUT2D eigenvalue weighted by molar-refractivity contribution is -0.0546. The zero-order chi connectivity index (χ0) is 22.2. The van der Waals surface area contributed by atoms with E-state index in [9.17, 15) is 9.18 Å². The molecule has 7 heteroatoms. The molecule has 0 radical (unpaired) electrons. The summed E-state index contributed by atoms with van der Waals surface area (Å²) in [6.45, 7) is 5.97. The monoisotopic (exact) mass is 436 g/mol. The van der Waals surface area contributed by atoms with E-state index in [2.05, 4.69) is 26.2 Å². The number of carbonyl (C=O) groups excluding carboxylic acids is 1. The molecule has 32 heavy (non-hydrogen) atoms. The quantitative estimate of drug-likeness (QED) is 0.630. The summed E-state index contributed by atoms with van der Waals surface area (Å²) in [4.78, 5) is 20.8. The van der Waals surface area contributed by atoms with Gasteiger partial charge in [0.1, 0.15) is 11.5 Å². The maximum absolute atomic E-state index is 14.1. The van der Waals surface area contributed by atoms with Gasteiger partial charge in [-0.1, -0.05) is 12.1 Å². The van der Waals surface area contributed by atoms with Crippen LogP contribution in [0.2, 0.25) is 0 Å². The maximum Gasteiger partial charge on any atom is 0.272 e. The molecule has 1 aromatic heterocycles. The number of H-pyrrole nitrogens is 1. The first-order valence-corrected chi connectivity index (χ1v) is 11.2. The van der Waals surface area contributed by atoms with Gasteiger partial charge in [-0.2, -0.15) is 0 Å². The summed E-state index contributed by atoms with van der Waals surface area (Å²) in [5, 5.41) is 3.39. The number of anilines is 2. The Labute approximate surface area is 187 Å². The second kappa shape index (κ2) is 8.56. The van der Waals surface area contributed by atoms with Gasteiger partial charge in [0, 0.05) is 56.1 Å². The number of fused-ring (bicyclic) bond motifs is 1. The molecule has 0 aliphatic carbocycles. The van der Waals surface area contributed by atoms with Gasteiger partial charge < -0.3 is 19.9 Å². The molecule has 0 saturated carbocycles. The fourth-order valence-electron chi connectivity index (χ4n) is 4.83. The molecule has 1 amide bonds. The van der Waals surface area contributed by atoms with E-state index < -0.39 is 0 Å². The Hall–Kier alpha value is -2.90. The second-order valence-electron chi connectivity index (χ2n) is 8.87. The van der Waals surface area contributed by atoms with Crippen molar-refractivity contribution < 1.29 is 13.9 Å². The molecule has 2 aliphatic heterocycles. The number of likely N-dealkylation sites (tertiary alicyclic amines) is 1. The lowest BCUT2D eigenvalue weighted by atomic mass is 9.98. The Kier molecular flexibility index (Phi) is 5.61. The average Bonchev–Trinajstić information content (AvgIpc) is 3.24. The number of nitrogens with zero attached hydrogens (tertiary/aromatic N) is 2. The van der Waals surface area contributed by atoms with Crippen LogP contribution < -0.4 is 10.2 Å². The number of aromatic nitrogens is 1. The van der Waals surface area contributed by atoms with E-state index >= 15 is 0 Å². The van der Waals surface area contributed by atoms with Crippen LogP contribution in [-0.2, 0) is 4.74 Å². The molecule has 0 unspecified atom stereocenters. The number of aryl methyl sites for hydroxylation is 1.